The zero-order valence-electron chi connectivity index (χ0n) is 19.4. The fourth-order valence-electron chi connectivity index (χ4n) is 3.71. The van der Waals surface area contributed by atoms with Crippen molar-refractivity contribution in [2.45, 2.75) is 44.9 Å². The van der Waals surface area contributed by atoms with Gasteiger partial charge in [-0.1, -0.05) is 74.0 Å². The van der Waals surface area contributed by atoms with Gasteiger partial charge in [-0.2, -0.15) is 13.2 Å². The summed E-state index contributed by atoms with van der Waals surface area (Å²) < 4.78 is 87.1. The van der Waals surface area contributed by atoms with E-state index in [-0.39, 0.29) is 22.5 Å². The van der Waals surface area contributed by atoms with Crippen molar-refractivity contribution in [1.82, 2.24) is 0 Å². The third-order valence-corrected chi connectivity index (χ3v) is 5.77. The number of halogens is 6. The monoisotopic (exact) mass is 492 g/mol. The first-order valence-corrected chi connectivity index (χ1v) is 11.3. The number of aryl methyl sites for hydroxylation is 1. The van der Waals surface area contributed by atoms with Crippen molar-refractivity contribution in [2.75, 3.05) is 7.11 Å². The van der Waals surface area contributed by atoms with Crippen LogP contribution >= 0.6 is 0 Å². The van der Waals surface area contributed by atoms with Crippen molar-refractivity contribution in [2.24, 2.45) is 0 Å². The Bertz CT molecular complexity index is 1150. The maximum atomic E-state index is 14.8. The fourth-order valence-corrected chi connectivity index (χ4v) is 3.71. The number of hydrogen-bond acceptors (Lipinski definition) is 1. The highest BCUT2D eigenvalue weighted by molar-refractivity contribution is 5.83. The highest BCUT2D eigenvalue weighted by Crippen LogP contribution is 2.32. The molecule has 0 saturated carbocycles. The van der Waals surface area contributed by atoms with Crippen molar-refractivity contribution in [3.8, 4) is 11.1 Å². The number of unbranched alkanes of at least 4 members (excludes halogenated alkanes) is 1. The van der Waals surface area contributed by atoms with E-state index in [4.69, 9.17) is 0 Å². The lowest BCUT2D eigenvalue weighted by atomic mass is 9.99. The van der Waals surface area contributed by atoms with Crippen molar-refractivity contribution in [1.29, 1.82) is 0 Å². The van der Waals surface area contributed by atoms with E-state index in [1.54, 1.807) is 6.07 Å². The first-order valence-electron chi connectivity index (χ1n) is 11.3. The van der Waals surface area contributed by atoms with E-state index in [1.165, 1.54) is 54.6 Å². The molecule has 0 aliphatic rings. The highest BCUT2D eigenvalue weighted by Gasteiger charge is 2.39. The highest BCUT2D eigenvalue weighted by atomic mass is 19.4. The molecule has 0 spiro atoms. The molecule has 3 aromatic rings. The summed E-state index contributed by atoms with van der Waals surface area (Å²) in [4.78, 5) is 0. The quantitative estimate of drug-likeness (QED) is 0.214. The first-order chi connectivity index (χ1) is 16.6. The molecule has 0 fully saturated rings. The van der Waals surface area contributed by atoms with Crippen LogP contribution in [0.15, 0.2) is 66.7 Å². The van der Waals surface area contributed by atoms with E-state index in [0.717, 1.165) is 31.9 Å². The molecule has 1 nitrogen and oxygen atoms in total. The third kappa shape index (κ3) is 6.75. The van der Waals surface area contributed by atoms with Crippen LogP contribution in [-0.2, 0) is 17.6 Å². The van der Waals surface area contributed by atoms with E-state index in [0.29, 0.717) is 11.1 Å². The minimum Gasteiger partial charge on any atom is -0.372 e. The van der Waals surface area contributed by atoms with Crippen LogP contribution in [0.5, 0.6) is 0 Å². The SMILES string of the molecule is CCCCc1ccc(-c2ccc(/C(F)=C(/F)c3ccc(CC(OC)C(F)(F)F)cc3)cc2)c(F)c1. The number of rotatable bonds is 9. The van der Waals surface area contributed by atoms with Gasteiger partial charge in [0.1, 0.15) is 5.82 Å². The van der Waals surface area contributed by atoms with Crippen LogP contribution in [0.4, 0.5) is 26.3 Å². The zero-order chi connectivity index (χ0) is 25.6. The first kappa shape index (κ1) is 26.5. The van der Waals surface area contributed by atoms with E-state index < -0.39 is 30.4 Å². The molecule has 0 radical (unpaired) electrons. The van der Waals surface area contributed by atoms with Crippen molar-refractivity contribution in [3.05, 3.63) is 94.8 Å². The summed E-state index contributed by atoms with van der Waals surface area (Å²) in [6, 6.07) is 15.8. The van der Waals surface area contributed by atoms with Crippen LogP contribution in [0.3, 0.4) is 0 Å². The van der Waals surface area contributed by atoms with E-state index in [2.05, 4.69) is 11.7 Å². The Morgan fingerprint density at radius 3 is 1.86 bits per heavy atom. The maximum absolute atomic E-state index is 14.8. The Balaban J connectivity index is 1.77. The van der Waals surface area contributed by atoms with Crippen LogP contribution in [-0.4, -0.2) is 19.4 Å². The van der Waals surface area contributed by atoms with Gasteiger partial charge in [0.2, 0.25) is 0 Å². The zero-order valence-corrected chi connectivity index (χ0v) is 19.4. The predicted molar refractivity (Wildman–Crippen MR) is 126 cm³/mol. The lowest BCUT2D eigenvalue weighted by Crippen LogP contribution is -2.32. The molecule has 35 heavy (non-hydrogen) atoms. The molecule has 0 saturated heterocycles. The van der Waals surface area contributed by atoms with Gasteiger partial charge in [0.25, 0.3) is 0 Å². The number of alkyl halides is 3. The second-order valence-corrected chi connectivity index (χ2v) is 8.29. The minimum absolute atomic E-state index is 0.0354. The Kier molecular flexibility index (Phi) is 8.78. The molecule has 0 amide bonds. The predicted octanol–water partition coefficient (Wildman–Crippen LogP) is 8.72. The van der Waals surface area contributed by atoms with Gasteiger partial charge in [0.15, 0.2) is 17.8 Å². The summed E-state index contributed by atoms with van der Waals surface area (Å²) in [6.45, 7) is 2.06. The molecular weight excluding hydrogens is 466 g/mol. The molecule has 7 heteroatoms. The molecule has 0 bridgehead atoms. The molecule has 186 valence electrons. The lowest BCUT2D eigenvalue weighted by molar-refractivity contribution is -0.212. The van der Waals surface area contributed by atoms with Gasteiger partial charge in [-0.15, -0.1) is 0 Å². The van der Waals surface area contributed by atoms with Gasteiger partial charge in [0, 0.05) is 30.2 Å². The molecule has 0 aromatic heterocycles. The van der Waals surface area contributed by atoms with Crippen molar-refractivity contribution >= 4 is 11.7 Å². The van der Waals surface area contributed by atoms with Crippen molar-refractivity contribution in [3.63, 3.8) is 0 Å². The van der Waals surface area contributed by atoms with Crippen LogP contribution in [0, 0.1) is 5.82 Å². The standard InChI is InChI=1S/C28H26F6O/c1-3-4-5-18-8-15-23(24(29)16-18)20-11-13-22(14-12-20)27(31)26(30)21-9-6-19(7-10-21)17-25(35-2)28(32,33)34/h6-16,25H,3-5,17H2,1-2H3/b27-26-. The Hall–Kier alpha value is -3.06. The Morgan fingerprint density at radius 2 is 1.37 bits per heavy atom. The molecule has 3 rings (SSSR count). The lowest BCUT2D eigenvalue weighted by Gasteiger charge is -2.18. The van der Waals surface area contributed by atoms with Gasteiger partial charge in [0.05, 0.1) is 0 Å². The van der Waals surface area contributed by atoms with Crippen LogP contribution in [0.1, 0.15) is 42.0 Å². The fraction of sp³-hybridized carbons (Fsp3) is 0.286. The average molecular weight is 493 g/mol. The van der Waals surface area contributed by atoms with E-state index in [1.807, 2.05) is 6.07 Å². The smallest absolute Gasteiger partial charge is 0.372 e. The molecule has 0 aliphatic carbocycles. The third-order valence-electron chi connectivity index (χ3n) is 5.77. The van der Waals surface area contributed by atoms with Gasteiger partial charge in [-0.05, 0) is 35.6 Å². The number of hydrogen-bond donors (Lipinski definition) is 0. The van der Waals surface area contributed by atoms with Crippen molar-refractivity contribution < 1.29 is 31.1 Å². The Morgan fingerprint density at radius 1 is 0.829 bits per heavy atom. The molecule has 0 aliphatic heterocycles. The van der Waals surface area contributed by atoms with Gasteiger partial charge in [-0.3, -0.25) is 0 Å². The number of benzene rings is 3. The van der Waals surface area contributed by atoms with Gasteiger partial charge in [-0.25, -0.2) is 13.2 Å². The van der Waals surface area contributed by atoms with E-state index >= 15 is 0 Å². The molecule has 1 atom stereocenters. The summed E-state index contributed by atoms with van der Waals surface area (Å²) in [5.41, 5.74) is 1.94. The summed E-state index contributed by atoms with van der Waals surface area (Å²) in [5, 5.41) is 0. The second-order valence-electron chi connectivity index (χ2n) is 8.29. The molecule has 3 aromatic carbocycles. The van der Waals surface area contributed by atoms with Crippen LogP contribution < -0.4 is 0 Å². The summed E-state index contributed by atoms with van der Waals surface area (Å²) >= 11 is 0. The summed E-state index contributed by atoms with van der Waals surface area (Å²) in [5.74, 6) is -2.64. The second kappa shape index (κ2) is 11.6. The molecule has 1 unspecified atom stereocenters. The van der Waals surface area contributed by atoms with Crippen LogP contribution in [0.25, 0.3) is 22.8 Å². The van der Waals surface area contributed by atoms with Gasteiger partial charge < -0.3 is 4.74 Å². The maximum Gasteiger partial charge on any atom is 0.414 e. The van der Waals surface area contributed by atoms with Gasteiger partial charge >= 0.3 is 6.18 Å². The topological polar surface area (TPSA) is 9.23 Å². The number of methoxy groups -OCH3 is 1. The number of ether oxygens (including phenoxy) is 1. The molecule has 0 heterocycles. The normalized spacial score (nSPS) is 13.5. The molecule has 0 N–H and O–H groups in total. The van der Waals surface area contributed by atoms with Crippen LogP contribution in [0.2, 0.25) is 0 Å². The largest absolute Gasteiger partial charge is 0.414 e. The van der Waals surface area contributed by atoms with E-state index in [9.17, 15) is 26.3 Å². The molecular formula is C28H26F6O. The minimum atomic E-state index is -4.53. The summed E-state index contributed by atoms with van der Waals surface area (Å²) in [7, 11) is 0.965. The average Bonchev–Trinajstić information content (AvgIpc) is 2.85. The summed E-state index contributed by atoms with van der Waals surface area (Å²) in [6.07, 6.45) is -4.19. The Labute approximate surface area is 201 Å².